The molecule has 0 aliphatic carbocycles. The van der Waals surface area contributed by atoms with Gasteiger partial charge in [-0.2, -0.15) is 0 Å². The first kappa shape index (κ1) is 13.5. The Balaban J connectivity index is 1.88. The van der Waals surface area contributed by atoms with Gasteiger partial charge in [-0.1, -0.05) is 29.8 Å². The van der Waals surface area contributed by atoms with Crippen LogP contribution in [0.4, 0.5) is 11.5 Å². The first-order valence-electron chi connectivity index (χ1n) is 7.09. The van der Waals surface area contributed by atoms with Gasteiger partial charge in [0.1, 0.15) is 12.0 Å². The van der Waals surface area contributed by atoms with Gasteiger partial charge in [-0.15, -0.1) is 0 Å². The summed E-state index contributed by atoms with van der Waals surface area (Å²) in [5.74, 6) is 0.810. The molecule has 1 aliphatic rings. The van der Waals surface area contributed by atoms with Crippen LogP contribution in [0.15, 0.2) is 42.6 Å². The van der Waals surface area contributed by atoms with Crippen LogP contribution >= 0.6 is 0 Å². The zero-order valence-electron chi connectivity index (χ0n) is 11.9. The van der Waals surface area contributed by atoms with E-state index in [0.717, 1.165) is 25.2 Å². The monoisotopic (exact) mass is 283 g/mol. The number of nitro groups is 1. The van der Waals surface area contributed by atoms with E-state index in [1.54, 1.807) is 6.07 Å². The van der Waals surface area contributed by atoms with Crippen LogP contribution in [0, 0.1) is 17.0 Å². The van der Waals surface area contributed by atoms with Gasteiger partial charge in [0.05, 0.1) is 11.0 Å². The van der Waals surface area contributed by atoms with Gasteiger partial charge in [0.2, 0.25) is 0 Å². The summed E-state index contributed by atoms with van der Waals surface area (Å²) in [6.07, 6.45) is 3.53. The van der Waals surface area contributed by atoms with Gasteiger partial charge in [-0.25, -0.2) is 4.98 Å². The van der Waals surface area contributed by atoms with Gasteiger partial charge >= 0.3 is 0 Å². The van der Waals surface area contributed by atoms with Crippen LogP contribution in [0.5, 0.6) is 0 Å². The maximum atomic E-state index is 10.7. The third-order valence-electron chi connectivity index (χ3n) is 3.92. The highest BCUT2D eigenvalue weighted by Gasteiger charge is 2.27. The number of hydrogen-bond donors (Lipinski definition) is 0. The summed E-state index contributed by atoms with van der Waals surface area (Å²) in [5.41, 5.74) is 2.56. The maximum Gasteiger partial charge on any atom is 0.287 e. The highest BCUT2D eigenvalue weighted by atomic mass is 16.6. The quantitative estimate of drug-likeness (QED) is 0.637. The average molecular weight is 283 g/mol. The van der Waals surface area contributed by atoms with Gasteiger partial charge in [-0.3, -0.25) is 10.1 Å². The van der Waals surface area contributed by atoms with Crippen molar-refractivity contribution in [1.82, 2.24) is 4.98 Å². The summed E-state index contributed by atoms with van der Waals surface area (Å²) in [6.45, 7) is 3.02. The molecular weight excluding hydrogens is 266 g/mol. The lowest BCUT2D eigenvalue weighted by molar-refractivity contribution is -0.385. The molecule has 0 amide bonds. The lowest BCUT2D eigenvalue weighted by atomic mass is 10.0. The molecule has 0 saturated carbocycles. The van der Waals surface area contributed by atoms with E-state index in [0.29, 0.717) is 6.04 Å². The fraction of sp³-hybridized carbons (Fsp3) is 0.312. The Labute approximate surface area is 123 Å². The molecule has 2 heterocycles. The van der Waals surface area contributed by atoms with Crippen LogP contribution in [0.2, 0.25) is 0 Å². The molecule has 1 fully saturated rings. The van der Waals surface area contributed by atoms with Gasteiger partial charge in [0, 0.05) is 12.6 Å². The second-order valence-corrected chi connectivity index (χ2v) is 5.40. The SMILES string of the molecule is Cc1cccc(C2CCCN2c2ccc([N+](=O)[O-])cn2)c1. The highest BCUT2D eigenvalue weighted by molar-refractivity contribution is 5.47. The second-order valence-electron chi connectivity index (χ2n) is 5.40. The Morgan fingerprint density at radius 1 is 1.33 bits per heavy atom. The summed E-state index contributed by atoms with van der Waals surface area (Å²) in [6, 6.07) is 12.1. The number of aromatic nitrogens is 1. The van der Waals surface area contributed by atoms with Gasteiger partial charge in [-0.05, 0) is 31.4 Å². The summed E-state index contributed by atoms with van der Waals surface area (Å²) in [7, 11) is 0. The Morgan fingerprint density at radius 2 is 2.19 bits per heavy atom. The fourth-order valence-corrected chi connectivity index (χ4v) is 2.92. The first-order chi connectivity index (χ1) is 10.1. The zero-order valence-corrected chi connectivity index (χ0v) is 11.9. The minimum absolute atomic E-state index is 0.0325. The Hall–Kier alpha value is -2.43. The molecule has 5 nitrogen and oxygen atoms in total. The summed E-state index contributed by atoms with van der Waals surface area (Å²) in [5, 5.41) is 10.7. The average Bonchev–Trinajstić information content (AvgIpc) is 2.97. The van der Waals surface area contributed by atoms with E-state index >= 15 is 0 Å². The lowest BCUT2D eigenvalue weighted by Gasteiger charge is -2.26. The van der Waals surface area contributed by atoms with Crippen LogP contribution in [0.3, 0.4) is 0 Å². The smallest absolute Gasteiger partial charge is 0.287 e. The molecule has 2 aromatic rings. The fourth-order valence-electron chi connectivity index (χ4n) is 2.92. The predicted molar refractivity (Wildman–Crippen MR) is 81.4 cm³/mol. The molecule has 0 spiro atoms. The molecule has 0 radical (unpaired) electrons. The molecule has 0 N–H and O–H groups in total. The van der Waals surface area contributed by atoms with Crippen molar-refractivity contribution in [2.24, 2.45) is 0 Å². The normalized spacial score (nSPS) is 18.0. The van der Waals surface area contributed by atoms with Crippen molar-refractivity contribution in [2.45, 2.75) is 25.8 Å². The molecule has 3 rings (SSSR count). The van der Waals surface area contributed by atoms with E-state index < -0.39 is 4.92 Å². The number of anilines is 1. The van der Waals surface area contributed by atoms with E-state index in [1.165, 1.54) is 23.4 Å². The predicted octanol–water partition coefficient (Wildman–Crippen LogP) is 3.64. The molecule has 1 aromatic heterocycles. The number of rotatable bonds is 3. The number of pyridine rings is 1. The van der Waals surface area contributed by atoms with Gasteiger partial charge < -0.3 is 4.90 Å². The summed E-state index contributed by atoms with van der Waals surface area (Å²) >= 11 is 0. The molecule has 1 saturated heterocycles. The minimum Gasteiger partial charge on any atom is -0.350 e. The second kappa shape index (κ2) is 5.52. The Morgan fingerprint density at radius 3 is 2.86 bits per heavy atom. The van der Waals surface area contributed by atoms with Gasteiger partial charge in [0.15, 0.2) is 0 Å². The van der Waals surface area contributed by atoms with Crippen molar-refractivity contribution in [3.8, 4) is 0 Å². The van der Waals surface area contributed by atoms with Crippen LogP contribution < -0.4 is 4.90 Å². The molecule has 0 bridgehead atoms. The first-order valence-corrected chi connectivity index (χ1v) is 7.09. The number of hydrogen-bond acceptors (Lipinski definition) is 4. The molecule has 1 unspecified atom stereocenters. The molecule has 21 heavy (non-hydrogen) atoms. The number of benzene rings is 1. The van der Waals surface area contributed by atoms with Crippen LogP contribution in [-0.4, -0.2) is 16.5 Å². The highest BCUT2D eigenvalue weighted by Crippen LogP contribution is 2.35. The van der Waals surface area contributed by atoms with Crippen molar-refractivity contribution < 1.29 is 4.92 Å². The summed E-state index contributed by atoms with van der Waals surface area (Å²) < 4.78 is 0. The maximum absolute atomic E-state index is 10.7. The largest absolute Gasteiger partial charge is 0.350 e. The molecule has 1 aromatic carbocycles. The standard InChI is InChI=1S/C16H17N3O2/c1-12-4-2-5-13(10-12)15-6-3-9-18(15)16-8-7-14(11-17-16)19(20)21/h2,4-5,7-8,10-11,15H,3,6,9H2,1H3. The van der Waals surface area contributed by atoms with Crippen LogP contribution in [0.1, 0.15) is 30.0 Å². The minimum atomic E-state index is -0.418. The number of nitrogens with zero attached hydrogens (tertiary/aromatic N) is 3. The van der Waals surface area contributed by atoms with Crippen molar-refractivity contribution >= 4 is 11.5 Å². The molecule has 1 aliphatic heterocycles. The van der Waals surface area contributed by atoms with Crippen LogP contribution in [-0.2, 0) is 0 Å². The summed E-state index contributed by atoms with van der Waals surface area (Å²) in [4.78, 5) is 16.8. The topological polar surface area (TPSA) is 59.3 Å². The lowest BCUT2D eigenvalue weighted by Crippen LogP contribution is -2.23. The molecular formula is C16H17N3O2. The Bertz CT molecular complexity index is 655. The van der Waals surface area contributed by atoms with Crippen molar-refractivity contribution in [2.75, 3.05) is 11.4 Å². The van der Waals surface area contributed by atoms with E-state index in [-0.39, 0.29) is 5.69 Å². The van der Waals surface area contributed by atoms with E-state index in [4.69, 9.17) is 0 Å². The molecule has 108 valence electrons. The van der Waals surface area contributed by atoms with Crippen molar-refractivity contribution in [3.63, 3.8) is 0 Å². The zero-order chi connectivity index (χ0) is 14.8. The molecule has 1 atom stereocenters. The molecule has 5 heteroatoms. The van der Waals surface area contributed by atoms with Crippen LogP contribution in [0.25, 0.3) is 0 Å². The van der Waals surface area contributed by atoms with E-state index in [1.807, 2.05) is 0 Å². The number of aryl methyl sites for hydroxylation is 1. The third kappa shape index (κ3) is 2.72. The van der Waals surface area contributed by atoms with Crippen molar-refractivity contribution in [3.05, 3.63) is 63.8 Å². The van der Waals surface area contributed by atoms with E-state index in [9.17, 15) is 10.1 Å². The Kier molecular flexibility index (Phi) is 3.56. The van der Waals surface area contributed by atoms with Crippen molar-refractivity contribution in [1.29, 1.82) is 0 Å². The third-order valence-corrected chi connectivity index (χ3v) is 3.92. The van der Waals surface area contributed by atoms with E-state index in [2.05, 4.69) is 41.1 Å². The van der Waals surface area contributed by atoms with Gasteiger partial charge in [0.25, 0.3) is 5.69 Å².